The van der Waals surface area contributed by atoms with Crippen molar-refractivity contribution < 1.29 is 63.3 Å². The molecule has 286 valence electrons. The van der Waals surface area contributed by atoms with Gasteiger partial charge in [0, 0.05) is 23.7 Å². The van der Waals surface area contributed by atoms with E-state index in [-0.39, 0.29) is 17.3 Å². The van der Waals surface area contributed by atoms with Crippen LogP contribution in [0.4, 0.5) is 0 Å². The number of aliphatic hydroxyl groups is 1. The number of carbonyl (C=O) groups excluding carboxylic acids is 8. The fraction of sp³-hybridized carbons (Fsp3) is 0.630. The van der Waals surface area contributed by atoms with Gasteiger partial charge in [-0.25, -0.2) is 0 Å². The van der Waals surface area contributed by atoms with Crippen molar-refractivity contribution in [2.75, 3.05) is 23.8 Å². The molecule has 1 fully saturated rings. The van der Waals surface area contributed by atoms with Gasteiger partial charge < -0.3 is 57.9 Å². The van der Waals surface area contributed by atoms with Gasteiger partial charge in [-0.2, -0.15) is 37.9 Å². The molecule has 24 heteroatoms. The molecule has 0 aromatic rings. The number of aliphatic hydroxyl groups excluding tert-OH is 1. The summed E-state index contributed by atoms with van der Waals surface area (Å²) in [4.78, 5) is 126. The molecule has 1 aliphatic heterocycles. The molecular formula is C27H42N8O13S3. The molecule has 0 aromatic heterocycles. The Morgan fingerprint density at radius 2 is 1.06 bits per heavy atom. The van der Waals surface area contributed by atoms with Crippen LogP contribution >= 0.6 is 37.9 Å². The predicted octanol–water partition coefficient (Wildman–Crippen LogP) is -5.96. The number of aliphatic carboxylic acids is 2. The summed E-state index contributed by atoms with van der Waals surface area (Å²) in [6.07, 6.45) is -3.76. The third-order valence-corrected chi connectivity index (χ3v) is 8.09. The first-order chi connectivity index (χ1) is 23.8. The number of thiol groups is 3. The minimum Gasteiger partial charge on any atom is -0.481 e. The summed E-state index contributed by atoms with van der Waals surface area (Å²) in [5.74, 6) is -12.2. The maximum Gasteiger partial charge on any atom is 0.305 e. The highest BCUT2D eigenvalue weighted by Crippen LogP contribution is 2.04. The van der Waals surface area contributed by atoms with Crippen LogP contribution in [0, 0.1) is 0 Å². The van der Waals surface area contributed by atoms with Gasteiger partial charge in [-0.15, -0.1) is 0 Å². The van der Waals surface area contributed by atoms with Crippen LogP contribution in [0.1, 0.15) is 33.1 Å². The molecule has 1 heterocycles. The summed E-state index contributed by atoms with van der Waals surface area (Å²) in [6, 6.07) is -11.0. The zero-order valence-electron chi connectivity index (χ0n) is 27.3. The van der Waals surface area contributed by atoms with Gasteiger partial charge in [0.2, 0.25) is 47.3 Å². The molecular weight excluding hydrogens is 741 g/mol. The molecule has 0 saturated carbocycles. The quantitative estimate of drug-likeness (QED) is 0.0971. The summed E-state index contributed by atoms with van der Waals surface area (Å²) in [7, 11) is 0. The van der Waals surface area contributed by atoms with Crippen LogP contribution in [0.5, 0.6) is 0 Å². The first kappa shape index (κ1) is 44.7. The number of hydrogen-bond donors (Lipinski definition) is 14. The molecule has 0 aromatic carbocycles. The highest BCUT2D eigenvalue weighted by molar-refractivity contribution is 7.80. The average Bonchev–Trinajstić information content (AvgIpc) is 3.06. The van der Waals surface area contributed by atoms with Gasteiger partial charge in [0.05, 0.1) is 19.1 Å². The van der Waals surface area contributed by atoms with Gasteiger partial charge in [-0.05, 0) is 20.3 Å². The maximum absolute atomic E-state index is 13.2. The van der Waals surface area contributed by atoms with Crippen molar-refractivity contribution in [2.45, 2.75) is 81.5 Å². The van der Waals surface area contributed by atoms with E-state index in [0.29, 0.717) is 0 Å². The monoisotopic (exact) mass is 782 g/mol. The second kappa shape index (κ2) is 21.8. The Balaban J connectivity index is 3.54. The Labute approximate surface area is 307 Å². The largest absolute Gasteiger partial charge is 0.481 e. The number of carboxylic acids is 2. The lowest BCUT2D eigenvalue weighted by Crippen LogP contribution is -2.61. The number of carboxylic acid groups (broad SMARTS) is 2. The molecule has 8 atom stereocenters. The Morgan fingerprint density at radius 1 is 0.627 bits per heavy atom. The van der Waals surface area contributed by atoms with Crippen molar-refractivity contribution in [2.24, 2.45) is 0 Å². The van der Waals surface area contributed by atoms with Crippen LogP contribution < -0.4 is 42.5 Å². The molecule has 0 bridgehead atoms. The van der Waals surface area contributed by atoms with Crippen LogP contribution in [0.3, 0.4) is 0 Å². The van der Waals surface area contributed by atoms with E-state index in [1.165, 1.54) is 0 Å². The van der Waals surface area contributed by atoms with Crippen molar-refractivity contribution in [3.05, 3.63) is 0 Å². The van der Waals surface area contributed by atoms with Gasteiger partial charge in [0.15, 0.2) is 0 Å². The fourth-order valence-corrected chi connectivity index (χ4v) is 4.95. The second-order valence-electron chi connectivity index (χ2n) is 11.1. The van der Waals surface area contributed by atoms with Gasteiger partial charge in [0.25, 0.3) is 0 Å². The minimum absolute atomic E-state index is 0.296. The van der Waals surface area contributed by atoms with E-state index >= 15 is 0 Å². The molecule has 0 spiro atoms. The minimum atomic E-state index is -1.81. The number of carbonyl (C=O) groups is 10. The van der Waals surface area contributed by atoms with E-state index in [9.17, 15) is 58.2 Å². The topological polar surface area (TPSA) is 328 Å². The summed E-state index contributed by atoms with van der Waals surface area (Å²) in [6.45, 7) is 1.47. The Bertz CT molecular complexity index is 1350. The zero-order valence-corrected chi connectivity index (χ0v) is 30.0. The van der Waals surface area contributed by atoms with Gasteiger partial charge >= 0.3 is 11.9 Å². The molecule has 0 radical (unpaired) electrons. The highest BCUT2D eigenvalue weighted by atomic mass is 32.1. The van der Waals surface area contributed by atoms with Crippen LogP contribution in [0.25, 0.3) is 0 Å². The molecule has 21 nitrogen and oxygen atoms in total. The summed E-state index contributed by atoms with van der Waals surface area (Å²) in [5, 5.41) is 46.5. The maximum atomic E-state index is 13.2. The van der Waals surface area contributed by atoms with Gasteiger partial charge in [-0.1, -0.05) is 0 Å². The van der Waals surface area contributed by atoms with Crippen LogP contribution in [0.15, 0.2) is 0 Å². The van der Waals surface area contributed by atoms with E-state index in [4.69, 9.17) is 5.11 Å². The zero-order chi connectivity index (χ0) is 39.0. The molecule has 1 aliphatic rings. The first-order valence-electron chi connectivity index (χ1n) is 15.2. The van der Waals surface area contributed by atoms with E-state index in [0.717, 1.165) is 13.8 Å². The van der Waals surface area contributed by atoms with E-state index in [2.05, 4.69) is 80.4 Å². The second-order valence-corrected chi connectivity index (χ2v) is 12.2. The molecule has 8 amide bonds. The smallest absolute Gasteiger partial charge is 0.305 e. The fourth-order valence-electron chi connectivity index (χ4n) is 4.18. The lowest BCUT2D eigenvalue weighted by atomic mass is 10.1. The summed E-state index contributed by atoms with van der Waals surface area (Å²) < 4.78 is 0. The van der Waals surface area contributed by atoms with Crippen molar-refractivity contribution >= 4 is 97.1 Å². The van der Waals surface area contributed by atoms with Crippen LogP contribution in [-0.4, -0.2) is 147 Å². The standard InChI is InChI=1S/C27H42N8O13S3/c1-10-21(42)31-12(3-4-18(38)39)22(43)35-20(11(2)36)27(48)28-6-17(37)30-14(7-49)24(45)33-16(9-51)26(47)34-15(8-50)25(46)32-13(5-19(40)41)23(44)29-10/h10-16,20,36,49-51H,3-9H2,1-2H3,(H,28,48)(H,29,44)(H,30,37)(H,31,42)(H,32,46)(H,33,45)(H,34,47)(H,35,43)(H,38,39)(H,40,41)/t10-,11+,12-,13-,14-,15-,16-,20-/m0/s1. The number of rotatable bonds is 9. The third-order valence-electron chi connectivity index (χ3n) is 6.99. The van der Waals surface area contributed by atoms with E-state index in [1.54, 1.807) is 0 Å². The SMILES string of the molecule is C[C@@H]1NC(=O)[C@H](CC(=O)O)NC(=O)[C@H](CS)NC(=O)[C@H](CS)NC(=O)[C@H](CS)NC(=O)CNC(=O)[C@H]([C@@H](C)O)NC(=O)[C@H](CCC(=O)O)NC1=O. The molecule has 0 aliphatic carbocycles. The van der Waals surface area contributed by atoms with E-state index in [1.807, 2.05) is 0 Å². The molecule has 1 saturated heterocycles. The predicted molar refractivity (Wildman–Crippen MR) is 185 cm³/mol. The number of nitrogens with one attached hydrogen (secondary N) is 8. The number of amides is 8. The molecule has 1 rings (SSSR count). The first-order valence-corrected chi connectivity index (χ1v) is 17.1. The molecule has 51 heavy (non-hydrogen) atoms. The highest BCUT2D eigenvalue weighted by Gasteiger charge is 2.34. The van der Waals surface area contributed by atoms with Crippen molar-refractivity contribution in [3.63, 3.8) is 0 Å². The van der Waals surface area contributed by atoms with E-state index < -0.39 is 133 Å². The van der Waals surface area contributed by atoms with Gasteiger partial charge in [-0.3, -0.25) is 47.9 Å². The van der Waals surface area contributed by atoms with Gasteiger partial charge in [0.1, 0.15) is 42.3 Å². The van der Waals surface area contributed by atoms with Crippen LogP contribution in [0.2, 0.25) is 0 Å². The van der Waals surface area contributed by atoms with Crippen molar-refractivity contribution in [1.29, 1.82) is 0 Å². The molecule has 11 N–H and O–H groups in total. The number of hydrogen-bond acceptors (Lipinski definition) is 14. The van der Waals surface area contributed by atoms with Crippen molar-refractivity contribution in [1.82, 2.24) is 42.5 Å². The average molecular weight is 783 g/mol. The summed E-state index contributed by atoms with van der Waals surface area (Å²) in [5.41, 5.74) is 0. The normalized spacial score (nSPS) is 27.5. The Morgan fingerprint density at radius 3 is 1.51 bits per heavy atom. The van der Waals surface area contributed by atoms with Crippen molar-refractivity contribution in [3.8, 4) is 0 Å². The lowest BCUT2D eigenvalue weighted by Gasteiger charge is -2.27. The Hall–Kier alpha value is -4.29. The Kier molecular flexibility index (Phi) is 19.1. The third kappa shape index (κ3) is 15.2. The molecule has 0 unspecified atom stereocenters. The van der Waals surface area contributed by atoms with Crippen LogP contribution in [-0.2, 0) is 47.9 Å². The summed E-state index contributed by atoms with van der Waals surface area (Å²) >= 11 is 12.1. The lowest BCUT2D eigenvalue weighted by molar-refractivity contribution is -0.142.